The van der Waals surface area contributed by atoms with Crippen LogP contribution in [-0.4, -0.2) is 83.8 Å². The van der Waals surface area contributed by atoms with Gasteiger partial charge in [0.2, 0.25) is 11.8 Å². The standard InChI is InChI=1S/C41H44FN7O4/c42-34-21-28(6-9-32(34)37-22-27(12-14-43-37)36-23-33-35(46-36)13-15-44-40(33)52)39(51)45-29-7-4-25(5-8-29)24-48-16-18-49(19-17-48)30-3-1-2-26(20-30)31-10-11-38(50)47-41(31)53/h1-3,6,9,12,14,20-23,25,29,31,46H,4-5,7-8,10-11,13,15-19,24H2,(H,44,52)(H,45,51)(H,47,50,53)/t25-,29-,31?. The Balaban J connectivity index is 0.805. The average molecular weight is 718 g/mol. The highest BCUT2D eigenvalue weighted by molar-refractivity contribution is 6.01. The van der Waals surface area contributed by atoms with Gasteiger partial charge in [-0.3, -0.25) is 34.4 Å². The van der Waals surface area contributed by atoms with E-state index in [1.54, 1.807) is 24.4 Å². The molecule has 3 aliphatic heterocycles. The Morgan fingerprint density at radius 2 is 1.72 bits per heavy atom. The number of hydrogen-bond donors (Lipinski definition) is 4. The van der Waals surface area contributed by atoms with Gasteiger partial charge in [-0.2, -0.15) is 0 Å². The van der Waals surface area contributed by atoms with Gasteiger partial charge in [0.05, 0.1) is 17.2 Å². The Morgan fingerprint density at radius 1 is 0.887 bits per heavy atom. The monoisotopic (exact) mass is 717 g/mol. The number of halogens is 1. The molecule has 12 heteroatoms. The number of H-pyrrole nitrogens is 1. The minimum absolute atomic E-state index is 0.0574. The van der Waals surface area contributed by atoms with Crippen LogP contribution in [-0.2, 0) is 16.0 Å². The van der Waals surface area contributed by atoms with E-state index in [0.717, 1.165) is 93.0 Å². The van der Waals surface area contributed by atoms with Crippen molar-refractivity contribution in [2.75, 3.05) is 44.2 Å². The van der Waals surface area contributed by atoms with E-state index in [1.807, 2.05) is 24.3 Å². The second-order valence-corrected chi connectivity index (χ2v) is 14.8. The van der Waals surface area contributed by atoms with E-state index >= 15 is 4.39 Å². The van der Waals surface area contributed by atoms with Crippen LogP contribution in [0.15, 0.2) is 66.9 Å². The van der Waals surface area contributed by atoms with Crippen molar-refractivity contribution in [2.45, 2.75) is 56.9 Å². The van der Waals surface area contributed by atoms with Crippen LogP contribution >= 0.6 is 0 Å². The van der Waals surface area contributed by atoms with Crippen molar-refractivity contribution in [1.82, 2.24) is 30.8 Å². The SMILES string of the molecule is O=C1CCC(c2cccc(N3CCN(C[C@H]4CC[C@H](NC(=O)c5ccc(-c6cc(-c7cc8c([nH]7)CCNC8=O)ccn6)c(F)c5)CC4)CC3)c2)C(=O)N1. The summed E-state index contributed by atoms with van der Waals surface area (Å²) in [6.07, 6.45) is 7.12. The molecule has 4 amide bonds. The van der Waals surface area contributed by atoms with E-state index < -0.39 is 5.82 Å². The van der Waals surface area contributed by atoms with Crippen LogP contribution in [0.5, 0.6) is 0 Å². The number of piperidine rings is 1. The summed E-state index contributed by atoms with van der Waals surface area (Å²) in [7, 11) is 0. The fraction of sp³-hybridized carbons (Fsp3) is 0.390. The first-order valence-corrected chi connectivity index (χ1v) is 18.8. The molecule has 4 aliphatic rings. The number of amides is 4. The minimum atomic E-state index is -0.515. The van der Waals surface area contributed by atoms with Crippen LogP contribution in [0, 0.1) is 11.7 Å². The molecule has 8 rings (SSSR count). The van der Waals surface area contributed by atoms with Gasteiger partial charge in [0.15, 0.2) is 0 Å². The van der Waals surface area contributed by atoms with Crippen LogP contribution in [0.1, 0.15) is 76.4 Å². The number of piperazine rings is 1. The smallest absolute Gasteiger partial charge is 0.253 e. The van der Waals surface area contributed by atoms with Crippen molar-refractivity contribution in [1.29, 1.82) is 0 Å². The quantitative estimate of drug-likeness (QED) is 0.192. The highest BCUT2D eigenvalue weighted by atomic mass is 19.1. The van der Waals surface area contributed by atoms with Crippen molar-refractivity contribution in [3.63, 3.8) is 0 Å². The first-order chi connectivity index (χ1) is 25.8. The van der Waals surface area contributed by atoms with Crippen molar-refractivity contribution < 1.29 is 23.6 Å². The average Bonchev–Trinajstić information content (AvgIpc) is 3.62. The minimum Gasteiger partial charge on any atom is -0.369 e. The maximum absolute atomic E-state index is 15.4. The summed E-state index contributed by atoms with van der Waals surface area (Å²) in [5, 5.41) is 8.46. The molecule has 5 heterocycles. The Labute approximate surface area is 307 Å². The number of carbonyl (C=O) groups is 4. The molecule has 274 valence electrons. The van der Waals surface area contributed by atoms with Crippen LogP contribution in [0.4, 0.5) is 10.1 Å². The number of imide groups is 1. The fourth-order valence-corrected chi connectivity index (χ4v) is 8.32. The number of nitrogens with one attached hydrogen (secondary N) is 4. The Kier molecular flexibility index (Phi) is 9.78. The molecule has 1 aliphatic carbocycles. The van der Waals surface area contributed by atoms with Gasteiger partial charge < -0.3 is 20.5 Å². The maximum Gasteiger partial charge on any atom is 0.253 e. The molecule has 1 unspecified atom stereocenters. The van der Waals surface area contributed by atoms with E-state index in [2.05, 4.69) is 47.9 Å². The second kappa shape index (κ2) is 14.9. The van der Waals surface area contributed by atoms with Gasteiger partial charge in [0.25, 0.3) is 11.8 Å². The third kappa shape index (κ3) is 7.59. The summed E-state index contributed by atoms with van der Waals surface area (Å²) in [5.74, 6) is -1.00. The number of benzene rings is 2. The molecule has 0 radical (unpaired) electrons. The topological polar surface area (TPSA) is 140 Å². The predicted molar refractivity (Wildman–Crippen MR) is 199 cm³/mol. The number of aromatic amines is 1. The van der Waals surface area contributed by atoms with Gasteiger partial charge in [-0.1, -0.05) is 12.1 Å². The Morgan fingerprint density at radius 3 is 2.49 bits per heavy atom. The molecule has 0 bridgehead atoms. The normalized spacial score (nSPS) is 22.2. The number of fused-ring (bicyclic) bond motifs is 1. The fourth-order valence-electron chi connectivity index (χ4n) is 8.32. The number of pyridine rings is 1. The maximum atomic E-state index is 15.4. The molecule has 1 atom stereocenters. The zero-order valence-corrected chi connectivity index (χ0v) is 29.6. The lowest BCUT2D eigenvalue weighted by molar-refractivity contribution is -0.134. The molecule has 2 aromatic carbocycles. The third-order valence-electron chi connectivity index (χ3n) is 11.3. The summed E-state index contributed by atoms with van der Waals surface area (Å²) >= 11 is 0. The highest BCUT2D eigenvalue weighted by Gasteiger charge is 2.30. The summed E-state index contributed by atoms with van der Waals surface area (Å²) in [4.78, 5) is 62.0. The number of rotatable bonds is 8. The second-order valence-electron chi connectivity index (χ2n) is 14.8. The molecular formula is C41H44FN7O4. The highest BCUT2D eigenvalue weighted by Crippen LogP contribution is 2.31. The lowest BCUT2D eigenvalue weighted by Gasteiger charge is -2.39. The van der Waals surface area contributed by atoms with Crippen molar-refractivity contribution in [2.24, 2.45) is 5.92 Å². The van der Waals surface area contributed by atoms with Crippen LogP contribution in [0.25, 0.3) is 22.5 Å². The van der Waals surface area contributed by atoms with Gasteiger partial charge >= 0.3 is 0 Å². The summed E-state index contributed by atoms with van der Waals surface area (Å²) in [6.45, 7) is 5.38. The van der Waals surface area contributed by atoms with Gasteiger partial charge in [-0.25, -0.2) is 4.39 Å². The first kappa shape index (κ1) is 34.7. The van der Waals surface area contributed by atoms with E-state index in [-0.39, 0.29) is 41.2 Å². The zero-order valence-electron chi connectivity index (χ0n) is 29.6. The molecule has 53 heavy (non-hydrogen) atoms. The zero-order chi connectivity index (χ0) is 36.5. The number of anilines is 1. The molecular weight excluding hydrogens is 673 g/mol. The van der Waals surface area contributed by atoms with Gasteiger partial charge in [0, 0.05) is 98.1 Å². The van der Waals surface area contributed by atoms with Crippen LogP contribution < -0.4 is 20.9 Å². The van der Waals surface area contributed by atoms with E-state index in [1.165, 1.54) is 6.07 Å². The Bertz CT molecular complexity index is 2050. The van der Waals surface area contributed by atoms with Gasteiger partial charge in [-0.05, 0) is 92.1 Å². The summed E-state index contributed by atoms with van der Waals surface area (Å²) in [6, 6.07) is 18.2. The number of carbonyl (C=O) groups excluding carboxylic acids is 4. The van der Waals surface area contributed by atoms with Gasteiger partial charge in [-0.15, -0.1) is 0 Å². The number of aromatic nitrogens is 2. The largest absolute Gasteiger partial charge is 0.369 e. The van der Waals surface area contributed by atoms with E-state index in [4.69, 9.17) is 0 Å². The predicted octanol–water partition coefficient (Wildman–Crippen LogP) is 4.80. The number of nitrogens with zero attached hydrogens (tertiary/aromatic N) is 3. The molecule has 1 saturated carbocycles. The molecule has 2 aromatic heterocycles. The number of hydrogen-bond acceptors (Lipinski definition) is 7. The molecule has 2 saturated heterocycles. The van der Waals surface area contributed by atoms with Crippen LogP contribution in [0.2, 0.25) is 0 Å². The molecule has 11 nitrogen and oxygen atoms in total. The molecule has 4 N–H and O–H groups in total. The Hall–Kier alpha value is -5.36. The molecule has 3 fully saturated rings. The van der Waals surface area contributed by atoms with Crippen molar-refractivity contribution in [3.05, 3.63) is 95.1 Å². The lowest BCUT2D eigenvalue weighted by atomic mass is 9.85. The van der Waals surface area contributed by atoms with E-state index in [9.17, 15) is 19.2 Å². The molecule has 0 spiro atoms. The molecule has 4 aromatic rings. The summed E-state index contributed by atoms with van der Waals surface area (Å²) < 4.78 is 15.4. The summed E-state index contributed by atoms with van der Waals surface area (Å²) in [5.41, 5.74) is 6.21. The third-order valence-corrected chi connectivity index (χ3v) is 11.3. The van der Waals surface area contributed by atoms with E-state index in [0.29, 0.717) is 42.1 Å². The lowest BCUT2D eigenvalue weighted by Crippen LogP contribution is -2.48. The first-order valence-electron chi connectivity index (χ1n) is 18.8. The van der Waals surface area contributed by atoms with Crippen LogP contribution in [0.3, 0.4) is 0 Å². The van der Waals surface area contributed by atoms with Gasteiger partial charge in [0.1, 0.15) is 5.82 Å². The van der Waals surface area contributed by atoms with Crippen molar-refractivity contribution >= 4 is 29.3 Å². The van der Waals surface area contributed by atoms with Crippen molar-refractivity contribution in [3.8, 4) is 22.5 Å².